The normalized spacial score (nSPS) is 11.0. The monoisotopic (exact) mass is 359 g/mol. The summed E-state index contributed by atoms with van der Waals surface area (Å²) in [5.74, 6) is 0.801. The Bertz CT molecular complexity index is 991. The van der Waals surface area contributed by atoms with E-state index < -0.39 is 0 Å². The van der Waals surface area contributed by atoms with Gasteiger partial charge in [0.25, 0.3) is 0 Å². The summed E-state index contributed by atoms with van der Waals surface area (Å²) < 4.78 is 13.3. The molecular formula is C22H21N3O2. The van der Waals surface area contributed by atoms with Gasteiger partial charge in [0.05, 0.1) is 37.5 Å². The molecule has 0 aliphatic carbocycles. The fourth-order valence-electron chi connectivity index (χ4n) is 3.04. The van der Waals surface area contributed by atoms with Crippen molar-refractivity contribution in [2.24, 2.45) is 0 Å². The standard InChI is InChI=1S/C22H21N3O2/c1-17-12-20(24-27-17)13-25-16-23-22(19-10-6-3-7-11-19)21(25)15-26-14-18-8-4-2-5-9-18/h2-12,16H,13-15H2,1H3. The molecule has 0 aliphatic heterocycles. The molecule has 4 aromatic rings. The lowest BCUT2D eigenvalue weighted by Crippen LogP contribution is -2.06. The first-order valence-electron chi connectivity index (χ1n) is 8.93. The highest BCUT2D eigenvalue weighted by atomic mass is 16.5. The lowest BCUT2D eigenvalue weighted by atomic mass is 10.1. The van der Waals surface area contributed by atoms with Crippen LogP contribution in [-0.4, -0.2) is 14.7 Å². The van der Waals surface area contributed by atoms with Crippen LogP contribution in [0.5, 0.6) is 0 Å². The van der Waals surface area contributed by atoms with Gasteiger partial charge in [-0.1, -0.05) is 65.8 Å². The molecule has 0 amide bonds. The molecule has 2 aromatic carbocycles. The largest absolute Gasteiger partial charge is 0.370 e. The van der Waals surface area contributed by atoms with Crippen LogP contribution in [0.25, 0.3) is 11.3 Å². The lowest BCUT2D eigenvalue weighted by Gasteiger charge is -2.10. The van der Waals surface area contributed by atoms with Crippen molar-refractivity contribution in [3.05, 3.63) is 95.8 Å². The minimum atomic E-state index is 0.468. The number of hydrogen-bond donors (Lipinski definition) is 0. The predicted octanol–water partition coefficient (Wildman–Crippen LogP) is 4.61. The molecule has 0 spiro atoms. The summed E-state index contributed by atoms with van der Waals surface area (Å²) >= 11 is 0. The average molecular weight is 359 g/mol. The highest BCUT2D eigenvalue weighted by molar-refractivity contribution is 5.61. The van der Waals surface area contributed by atoms with E-state index in [2.05, 4.69) is 39.0 Å². The smallest absolute Gasteiger partial charge is 0.133 e. The van der Waals surface area contributed by atoms with Crippen LogP contribution in [-0.2, 0) is 24.5 Å². The molecule has 0 unspecified atom stereocenters. The Morgan fingerprint density at radius 3 is 2.41 bits per heavy atom. The molecule has 0 aliphatic rings. The molecule has 4 rings (SSSR count). The lowest BCUT2D eigenvalue weighted by molar-refractivity contribution is 0.103. The van der Waals surface area contributed by atoms with Crippen molar-refractivity contribution in [1.82, 2.24) is 14.7 Å². The maximum Gasteiger partial charge on any atom is 0.133 e. The van der Waals surface area contributed by atoms with Crippen molar-refractivity contribution in [2.75, 3.05) is 0 Å². The number of nitrogens with zero attached hydrogens (tertiary/aromatic N) is 3. The Morgan fingerprint density at radius 1 is 0.963 bits per heavy atom. The quantitative estimate of drug-likeness (QED) is 0.483. The number of imidazole rings is 1. The fourth-order valence-corrected chi connectivity index (χ4v) is 3.04. The average Bonchev–Trinajstić information content (AvgIpc) is 3.30. The van der Waals surface area contributed by atoms with Crippen LogP contribution in [0.15, 0.2) is 77.6 Å². The van der Waals surface area contributed by atoms with Crippen LogP contribution in [0.1, 0.15) is 22.7 Å². The van der Waals surface area contributed by atoms with Gasteiger partial charge in [0.2, 0.25) is 0 Å². The summed E-state index contributed by atoms with van der Waals surface area (Å²) in [6.07, 6.45) is 1.84. The first-order chi connectivity index (χ1) is 13.3. The molecule has 136 valence electrons. The summed E-state index contributed by atoms with van der Waals surface area (Å²) in [5, 5.41) is 4.10. The zero-order valence-electron chi connectivity index (χ0n) is 15.2. The second kappa shape index (κ2) is 8.01. The predicted molar refractivity (Wildman–Crippen MR) is 103 cm³/mol. The molecule has 0 saturated carbocycles. The number of rotatable bonds is 7. The summed E-state index contributed by atoms with van der Waals surface area (Å²) in [6.45, 7) is 3.52. The van der Waals surface area contributed by atoms with E-state index in [1.165, 1.54) is 0 Å². The highest BCUT2D eigenvalue weighted by Gasteiger charge is 2.14. The number of hydrogen-bond acceptors (Lipinski definition) is 4. The van der Waals surface area contributed by atoms with E-state index in [0.717, 1.165) is 34.0 Å². The third-order valence-corrected chi connectivity index (χ3v) is 4.35. The Hall–Kier alpha value is -3.18. The molecule has 0 radical (unpaired) electrons. The van der Waals surface area contributed by atoms with Crippen LogP contribution in [0.3, 0.4) is 0 Å². The molecule has 0 fully saturated rings. The van der Waals surface area contributed by atoms with Crippen molar-refractivity contribution >= 4 is 0 Å². The maximum atomic E-state index is 6.01. The first kappa shape index (κ1) is 17.2. The first-order valence-corrected chi connectivity index (χ1v) is 8.93. The van der Waals surface area contributed by atoms with Gasteiger partial charge < -0.3 is 13.8 Å². The van der Waals surface area contributed by atoms with Gasteiger partial charge in [-0.2, -0.15) is 0 Å². The van der Waals surface area contributed by atoms with E-state index in [1.807, 2.05) is 55.7 Å². The zero-order chi connectivity index (χ0) is 18.5. The van der Waals surface area contributed by atoms with E-state index in [4.69, 9.17) is 9.26 Å². The molecule has 5 nitrogen and oxygen atoms in total. The molecule has 5 heteroatoms. The highest BCUT2D eigenvalue weighted by Crippen LogP contribution is 2.24. The van der Waals surface area contributed by atoms with Gasteiger partial charge in [0, 0.05) is 11.6 Å². The van der Waals surface area contributed by atoms with Crippen molar-refractivity contribution in [3.8, 4) is 11.3 Å². The van der Waals surface area contributed by atoms with Crippen LogP contribution >= 0.6 is 0 Å². The molecule has 27 heavy (non-hydrogen) atoms. The zero-order valence-corrected chi connectivity index (χ0v) is 15.2. The van der Waals surface area contributed by atoms with Crippen molar-refractivity contribution in [1.29, 1.82) is 0 Å². The summed E-state index contributed by atoms with van der Waals surface area (Å²) in [5.41, 5.74) is 5.05. The number of ether oxygens (including phenoxy) is 1. The Balaban J connectivity index is 1.58. The topological polar surface area (TPSA) is 53.1 Å². The second-order valence-electron chi connectivity index (χ2n) is 6.44. The minimum absolute atomic E-state index is 0.468. The van der Waals surface area contributed by atoms with Gasteiger partial charge in [0.15, 0.2) is 0 Å². The Labute approximate surface area is 158 Å². The van der Waals surface area contributed by atoms with E-state index in [0.29, 0.717) is 19.8 Å². The summed E-state index contributed by atoms with van der Waals surface area (Å²) in [4.78, 5) is 4.64. The molecule has 2 heterocycles. The second-order valence-corrected chi connectivity index (χ2v) is 6.44. The molecule has 0 bridgehead atoms. The van der Waals surface area contributed by atoms with E-state index in [-0.39, 0.29) is 0 Å². The van der Waals surface area contributed by atoms with Crippen molar-refractivity contribution in [2.45, 2.75) is 26.7 Å². The van der Waals surface area contributed by atoms with Crippen LogP contribution in [0.4, 0.5) is 0 Å². The third kappa shape index (κ3) is 4.15. The number of benzene rings is 2. The van der Waals surface area contributed by atoms with Crippen molar-refractivity contribution < 1.29 is 9.26 Å². The Kier molecular flexibility index (Phi) is 5.12. The van der Waals surface area contributed by atoms with E-state index >= 15 is 0 Å². The van der Waals surface area contributed by atoms with Gasteiger partial charge in [-0.05, 0) is 12.5 Å². The molecule has 0 atom stereocenters. The minimum Gasteiger partial charge on any atom is -0.370 e. The Morgan fingerprint density at radius 2 is 1.70 bits per heavy atom. The van der Waals surface area contributed by atoms with E-state index in [9.17, 15) is 0 Å². The molecule has 0 N–H and O–H groups in total. The van der Waals surface area contributed by atoms with Crippen molar-refractivity contribution in [3.63, 3.8) is 0 Å². The number of aryl methyl sites for hydroxylation is 1. The van der Waals surface area contributed by atoms with Crippen LogP contribution < -0.4 is 0 Å². The third-order valence-electron chi connectivity index (χ3n) is 4.35. The summed E-state index contributed by atoms with van der Waals surface area (Å²) in [6, 6.07) is 22.3. The van der Waals surface area contributed by atoms with Gasteiger partial charge in [0.1, 0.15) is 11.5 Å². The molecular weight excluding hydrogens is 338 g/mol. The van der Waals surface area contributed by atoms with Gasteiger partial charge in [-0.25, -0.2) is 4.98 Å². The summed E-state index contributed by atoms with van der Waals surface area (Å²) in [7, 11) is 0. The fraction of sp³-hybridized carbons (Fsp3) is 0.182. The van der Waals surface area contributed by atoms with E-state index in [1.54, 1.807) is 0 Å². The van der Waals surface area contributed by atoms with Crippen LogP contribution in [0, 0.1) is 6.92 Å². The molecule has 0 saturated heterocycles. The number of aromatic nitrogens is 3. The maximum absolute atomic E-state index is 6.01. The van der Waals surface area contributed by atoms with Gasteiger partial charge in [-0.3, -0.25) is 0 Å². The SMILES string of the molecule is Cc1cc(Cn2cnc(-c3ccccc3)c2COCc2ccccc2)no1. The van der Waals surface area contributed by atoms with Gasteiger partial charge >= 0.3 is 0 Å². The van der Waals surface area contributed by atoms with Crippen LogP contribution in [0.2, 0.25) is 0 Å². The van der Waals surface area contributed by atoms with Gasteiger partial charge in [-0.15, -0.1) is 0 Å². The molecule has 2 aromatic heterocycles.